The van der Waals surface area contributed by atoms with E-state index < -0.39 is 0 Å². The Morgan fingerprint density at radius 1 is 1.32 bits per heavy atom. The second-order valence-corrected chi connectivity index (χ2v) is 5.86. The summed E-state index contributed by atoms with van der Waals surface area (Å²) in [7, 11) is 1.64. The first kappa shape index (κ1) is 17.1. The number of ether oxygens (including phenoxy) is 1. The number of carbonyl (C=O) groups excluding carboxylic acids is 1. The van der Waals surface area contributed by atoms with Crippen LogP contribution in [0.15, 0.2) is 18.2 Å². The number of hydrogen-bond donors (Lipinski definition) is 2. The molecule has 1 aliphatic heterocycles. The fourth-order valence-corrected chi connectivity index (χ4v) is 2.76. The molecule has 6 heteroatoms. The fraction of sp³-hybridized carbons (Fsp3) is 0.562. The van der Waals surface area contributed by atoms with Crippen molar-refractivity contribution in [2.45, 2.75) is 19.3 Å². The normalized spacial score (nSPS) is 14.9. The van der Waals surface area contributed by atoms with Crippen molar-refractivity contribution in [2.75, 3.05) is 50.1 Å². The van der Waals surface area contributed by atoms with Crippen LogP contribution in [-0.2, 0) is 9.53 Å². The Bertz CT molecular complexity index is 490. The summed E-state index contributed by atoms with van der Waals surface area (Å²) in [6, 6.07) is 5.68. The van der Waals surface area contributed by atoms with Gasteiger partial charge in [-0.1, -0.05) is 11.6 Å². The number of nitrogens with zero attached hydrogens (tertiary/aromatic N) is 1. The highest BCUT2D eigenvalue weighted by Crippen LogP contribution is 2.31. The van der Waals surface area contributed by atoms with E-state index in [0.717, 1.165) is 24.5 Å². The maximum Gasteiger partial charge on any atom is 0.238 e. The van der Waals surface area contributed by atoms with Crippen molar-refractivity contribution in [2.24, 2.45) is 0 Å². The van der Waals surface area contributed by atoms with Gasteiger partial charge >= 0.3 is 0 Å². The Morgan fingerprint density at radius 3 is 2.82 bits per heavy atom. The molecule has 1 heterocycles. The molecule has 22 heavy (non-hydrogen) atoms. The molecule has 1 amide bonds. The monoisotopic (exact) mass is 325 g/mol. The minimum Gasteiger partial charge on any atom is -0.383 e. The molecule has 0 spiro atoms. The van der Waals surface area contributed by atoms with Gasteiger partial charge in [0, 0.05) is 31.8 Å². The summed E-state index contributed by atoms with van der Waals surface area (Å²) in [4.78, 5) is 14.4. The van der Waals surface area contributed by atoms with Crippen LogP contribution in [-0.4, -0.2) is 45.8 Å². The van der Waals surface area contributed by atoms with Crippen LogP contribution in [0.1, 0.15) is 19.3 Å². The van der Waals surface area contributed by atoms with Gasteiger partial charge in [-0.2, -0.15) is 0 Å². The van der Waals surface area contributed by atoms with Crippen LogP contribution >= 0.6 is 11.6 Å². The SMILES string of the molecule is COCCNCC(=O)Nc1cc(Cl)ccc1N1CCCCC1. The summed E-state index contributed by atoms with van der Waals surface area (Å²) in [6.45, 7) is 3.55. The van der Waals surface area contributed by atoms with Gasteiger partial charge in [-0.3, -0.25) is 4.79 Å². The molecule has 0 bridgehead atoms. The standard InChI is InChI=1S/C16H24ClN3O2/c1-22-10-7-18-12-16(21)19-14-11-13(17)5-6-15(14)20-8-3-2-4-9-20/h5-6,11,18H,2-4,7-10,12H2,1H3,(H,19,21). The molecular weight excluding hydrogens is 302 g/mol. The number of halogens is 1. The number of benzene rings is 1. The van der Waals surface area contributed by atoms with Crippen LogP contribution in [0.25, 0.3) is 0 Å². The largest absolute Gasteiger partial charge is 0.383 e. The lowest BCUT2D eigenvalue weighted by atomic mass is 10.1. The number of carbonyl (C=O) groups is 1. The number of nitrogens with one attached hydrogen (secondary N) is 2. The number of hydrogen-bond acceptors (Lipinski definition) is 4. The fourth-order valence-electron chi connectivity index (χ4n) is 2.59. The third-order valence-corrected chi connectivity index (χ3v) is 3.93. The van der Waals surface area contributed by atoms with Gasteiger partial charge in [0.25, 0.3) is 0 Å². The number of anilines is 2. The van der Waals surface area contributed by atoms with Crippen LogP contribution in [0.5, 0.6) is 0 Å². The Hall–Kier alpha value is -1.30. The molecule has 122 valence electrons. The predicted octanol–water partition coefficient (Wildman–Crippen LogP) is 2.50. The van der Waals surface area contributed by atoms with Gasteiger partial charge in [-0.25, -0.2) is 0 Å². The average molecular weight is 326 g/mol. The molecule has 1 aromatic carbocycles. The molecule has 2 N–H and O–H groups in total. The molecule has 1 aromatic rings. The maximum absolute atomic E-state index is 12.0. The first-order chi connectivity index (χ1) is 10.7. The van der Waals surface area contributed by atoms with Crippen molar-refractivity contribution in [3.8, 4) is 0 Å². The second-order valence-electron chi connectivity index (χ2n) is 5.43. The molecule has 5 nitrogen and oxygen atoms in total. The van der Waals surface area contributed by atoms with E-state index in [0.29, 0.717) is 18.2 Å². The highest BCUT2D eigenvalue weighted by Gasteiger charge is 2.16. The van der Waals surface area contributed by atoms with E-state index in [-0.39, 0.29) is 12.5 Å². The van der Waals surface area contributed by atoms with E-state index >= 15 is 0 Å². The topological polar surface area (TPSA) is 53.6 Å². The van der Waals surface area contributed by atoms with Crippen LogP contribution in [0, 0.1) is 0 Å². The number of rotatable bonds is 7. The van der Waals surface area contributed by atoms with Crippen LogP contribution in [0.3, 0.4) is 0 Å². The third-order valence-electron chi connectivity index (χ3n) is 3.70. The van der Waals surface area contributed by atoms with E-state index in [1.165, 1.54) is 19.3 Å². The molecule has 1 fully saturated rings. The first-order valence-corrected chi connectivity index (χ1v) is 8.12. The summed E-state index contributed by atoms with van der Waals surface area (Å²) in [6.07, 6.45) is 3.65. The lowest BCUT2D eigenvalue weighted by Gasteiger charge is -2.30. The zero-order valence-corrected chi connectivity index (χ0v) is 13.8. The predicted molar refractivity (Wildman–Crippen MR) is 90.9 cm³/mol. The van der Waals surface area contributed by atoms with Gasteiger partial charge in [0.2, 0.25) is 5.91 Å². The van der Waals surface area contributed by atoms with E-state index in [1.807, 2.05) is 18.2 Å². The average Bonchev–Trinajstić information content (AvgIpc) is 2.53. The minimum atomic E-state index is -0.0726. The van der Waals surface area contributed by atoms with Gasteiger partial charge in [0.05, 0.1) is 24.5 Å². The van der Waals surface area contributed by atoms with Crippen LogP contribution in [0.4, 0.5) is 11.4 Å². The highest BCUT2D eigenvalue weighted by molar-refractivity contribution is 6.31. The third kappa shape index (κ3) is 5.16. The summed E-state index contributed by atoms with van der Waals surface area (Å²) in [5.41, 5.74) is 1.84. The maximum atomic E-state index is 12.0. The zero-order chi connectivity index (χ0) is 15.8. The smallest absolute Gasteiger partial charge is 0.238 e. The van der Waals surface area contributed by atoms with Gasteiger partial charge in [-0.05, 0) is 37.5 Å². The Morgan fingerprint density at radius 2 is 2.09 bits per heavy atom. The lowest BCUT2D eigenvalue weighted by Crippen LogP contribution is -2.33. The van der Waals surface area contributed by atoms with E-state index in [4.69, 9.17) is 16.3 Å². The van der Waals surface area contributed by atoms with E-state index in [1.54, 1.807) is 7.11 Å². The van der Waals surface area contributed by atoms with E-state index in [9.17, 15) is 4.79 Å². The highest BCUT2D eigenvalue weighted by atomic mass is 35.5. The van der Waals surface area contributed by atoms with E-state index in [2.05, 4.69) is 15.5 Å². The summed E-state index contributed by atoms with van der Waals surface area (Å²) in [5, 5.41) is 6.62. The van der Waals surface area contributed by atoms with Gasteiger partial charge in [-0.15, -0.1) is 0 Å². The van der Waals surface area contributed by atoms with Gasteiger partial charge < -0.3 is 20.3 Å². The van der Waals surface area contributed by atoms with Crippen LogP contribution < -0.4 is 15.5 Å². The zero-order valence-electron chi connectivity index (χ0n) is 13.0. The Kier molecular flexibility index (Phi) is 6.96. The Balaban J connectivity index is 1.99. The Labute approximate surface area is 137 Å². The van der Waals surface area contributed by atoms with Crippen molar-refractivity contribution in [3.05, 3.63) is 23.2 Å². The van der Waals surface area contributed by atoms with Crippen LogP contribution in [0.2, 0.25) is 5.02 Å². The minimum absolute atomic E-state index is 0.0726. The molecule has 0 radical (unpaired) electrons. The number of piperidine rings is 1. The molecule has 1 saturated heterocycles. The summed E-state index contributed by atoms with van der Waals surface area (Å²) >= 11 is 6.08. The van der Waals surface area contributed by atoms with Crippen molar-refractivity contribution >= 4 is 28.9 Å². The van der Waals surface area contributed by atoms with Crippen molar-refractivity contribution in [1.29, 1.82) is 0 Å². The molecule has 0 unspecified atom stereocenters. The molecule has 1 aliphatic rings. The quantitative estimate of drug-likeness (QED) is 0.756. The molecule has 2 rings (SSSR count). The first-order valence-electron chi connectivity index (χ1n) is 7.74. The molecule has 0 aliphatic carbocycles. The van der Waals surface area contributed by atoms with Gasteiger partial charge in [0.1, 0.15) is 0 Å². The van der Waals surface area contributed by atoms with Crippen molar-refractivity contribution in [3.63, 3.8) is 0 Å². The molecular formula is C16H24ClN3O2. The van der Waals surface area contributed by atoms with Crippen molar-refractivity contribution in [1.82, 2.24) is 5.32 Å². The number of amides is 1. The molecule has 0 aromatic heterocycles. The summed E-state index contributed by atoms with van der Waals surface area (Å²) < 4.78 is 4.94. The lowest BCUT2D eigenvalue weighted by molar-refractivity contribution is -0.115. The molecule has 0 saturated carbocycles. The number of methoxy groups -OCH3 is 1. The second kappa shape index (κ2) is 8.98. The van der Waals surface area contributed by atoms with Gasteiger partial charge in [0.15, 0.2) is 0 Å². The van der Waals surface area contributed by atoms with Crippen molar-refractivity contribution < 1.29 is 9.53 Å². The molecule has 0 atom stereocenters. The summed E-state index contributed by atoms with van der Waals surface area (Å²) in [5.74, 6) is -0.0726.